The summed E-state index contributed by atoms with van der Waals surface area (Å²) in [6.45, 7) is 7.63. The second-order valence-corrected chi connectivity index (χ2v) is 5.46. The van der Waals surface area contributed by atoms with Crippen LogP contribution >= 0.6 is 0 Å². The monoisotopic (exact) mass is 257 g/mol. The summed E-state index contributed by atoms with van der Waals surface area (Å²) in [4.78, 5) is 10.8. The standard InChI is InChI=1S/C11H17BFNO4/c1-10(2)11(3,4)18-12(17-10)8(13)5-7-6-14-9(15)16-7/h5,7H,6H2,1-4H3,(H,14,15). The number of hydrogen-bond donors (Lipinski definition) is 1. The number of amides is 1. The molecule has 1 atom stereocenters. The Balaban J connectivity index is 2.05. The minimum Gasteiger partial charge on any atom is -0.440 e. The molecule has 2 rings (SSSR count). The molecule has 0 aromatic carbocycles. The quantitative estimate of drug-likeness (QED) is 0.763. The Bertz CT molecular complexity index is 381. The first-order valence-electron chi connectivity index (χ1n) is 5.89. The van der Waals surface area contributed by atoms with Gasteiger partial charge >= 0.3 is 13.2 Å². The third kappa shape index (κ3) is 2.37. The maximum absolute atomic E-state index is 14.0. The molecule has 1 N–H and O–H groups in total. The van der Waals surface area contributed by atoms with Crippen molar-refractivity contribution in [2.24, 2.45) is 0 Å². The van der Waals surface area contributed by atoms with Gasteiger partial charge in [-0.3, -0.25) is 0 Å². The molecule has 0 aliphatic carbocycles. The molecular weight excluding hydrogens is 240 g/mol. The predicted molar refractivity (Wildman–Crippen MR) is 63.5 cm³/mol. The fourth-order valence-electron chi connectivity index (χ4n) is 1.71. The third-order valence-electron chi connectivity index (χ3n) is 3.53. The molecule has 2 fully saturated rings. The highest BCUT2D eigenvalue weighted by Crippen LogP contribution is 2.38. The molecule has 0 aromatic rings. The van der Waals surface area contributed by atoms with Gasteiger partial charge in [-0.1, -0.05) is 0 Å². The van der Waals surface area contributed by atoms with E-state index >= 15 is 0 Å². The summed E-state index contributed by atoms with van der Waals surface area (Å²) >= 11 is 0. The number of alkyl carbamates (subject to hydrolysis) is 1. The first kappa shape index (κ1) is 13.4. The van der Waals surface area contributed by atoms with Crippen molar-refractivity contribution in [2.75, 3.05) is 6.54 Å². The van der Waals surface area contributed by atoms with Gasteiger partial charge in [-0.05, 0) is 33.8 Å². The first-order valence-corrected chi connectivity index (χ1v) is 5.89. The van der Waals surface area contributed by atoms with E-state index in [0.29, 0.717) is 0 Å². The molecule has 100 valence electrons. The maximum atomic E-state index is 14.0. The Labute approximate surface area is 106 Å². The second-order valence-electron chi connectivity index (χ2n) is 5.46. The van der Waals surface area contributed by atoms with Gasteiger partial charge in [0, 0.05) is 0 Å². The Hall–Kier alpha value is -1.08. The van der Waals surface area contributed by atoms with E-state index in [9.17, 15) is 9.18 Å². The van der Waals surface area contributed by atoms with Crippen molar-refractivity contribution in [1.82, 2.24) is 5.32 Å². The van der Waals surface area contributed by atoms with E-state index in [-0.39, 0.29) is 6.54 Å². The van der Waals surface area contributed by atoms with Crippen LogP contribution in [0.15, 0.2) is 11.8 Å². The smallest absolute Gasteiger partial charge is 0.440 e. The van der Waals surface area contributed by atoms with Gasteiger partial charge in [-0.2, -0.15) is 0 Å². The van der Waals surface area contributed by atoms with Crippen molar-refractivity contribution in [3.05, 3.63) is 11.8 Å². The summed E-state index contributed by atoms with van der Waals surface area (Å²) in [5.74, 6) is 0. The molecule has 7 heteroatoms. The molecule has 5 nitrogen and oxygen atoms in total. The van der Waals surface area contributed by atoms with E-state index in [0.717, 1.165) is 0 Å². The molecular formula is C11H17BFNO4. The number of carbonyl (C=O) groups is 1. The first-order chi connectivity index (χ1) is 8.21. The van der Waals surface area contributed by atoms with Crippen LogP contribution in [0.25, 0.3) is 0 Å². The average molecular weight is 257 g/mol. The lowest BCUT2D eigenvalue weighted by molar-refractivity contribution is 0.00578. The van der Waals surface area contributed by atoms with E-state index in [2.05, 4.69) is 5.32 Å². The number of nitrogens with one attached hydrogen (secondary N) is 1. The number of ether oxygens (including phenoxy) is 1. The highest BCUT2D eigenvalue weighted by atomic mass is 19.1. The summed E-state index contributed by atoms with van der Waals surface area (Å²) in [7, 11) is -1.05. The van der Waals surface area contributed by atoms with Gasteiger partial charge < -0.3 is 19.4 Å². The molecule has 0 aromatic heterocycles. The Morgan fingerprint density at radius 2 is 1.94 bits per heavy atom. The van der Waals surface area contributed by atoms with E-state index in [4.69, 9.17) is 14.0 Å². The summed E-state index contributed by atoms with van der Waals surface area (Å²) in [6, 6.07) is 0. The van der Waals surface area contributed by atoms with E-state index in [1.807, 2.05) is 27.7 Å². The lowest BCUT2D eigenvalue weighted by Gasteiger charge is -2.32. The van der Waals surface area contributed by atoms with Gasteiger partial charge in [0.2, 0.25) is 0 Å². The van der Waals surface area contributed by atoms with Crippen LogP contribution in [0.1, 0.15) is 27.7 Å². The summed E-state index contributed by atoms with van der Waals surface area (Å²) < 4.78 is 29.9. The molecule has 1 unspecified atom stereocenters. The van der Waals surface area contributed by atoms with Crippen molar-refractivity contribution in [3.8, 4) is 0 Å². The lowest BCUT2D eigenvalue weighted by atomic mass is 9.87. The van der Waals surface area contributed by atoms with E-state index in [1.54, 1.807) is 0 Å². The third-order valence-corrected chi connectivity index (χ3v) is 3.53. The van der Waals surface area contributed by atoms with Gasteiger partial charge in [0.05, 0.1) is 17.7 Å². The van der Waals surface area contributed by atoms with E-state index < -0.39 is 36.2 Å². The largest absolute Gasteiger partial charge is 0.525 e. The molecule has 0 spiro atoms. The predicted octanol–water partition coefficient (Wildman–Crippen LogP) is 1.58. The normalized spacial score (nSPS) is 30.3. The van der Waals surface area contributed by atoms with Crippen molar-refractivity contribution >= 4 is 13.2 Å². The Morgan fingerprint density at radius 1 is 1.39 bits per heavy atom. The van der Waals surface area contributed by atoms with Gasteiger partial charge in [-0.15, -0.1) is 0 Å². The van der Waals surface area contributed by atoms with E-state index in [1.165, 1.54) is 6.08 Å². The summed E-state index contributed by atoms with van der Waals surface area (Å²) in [6.07, 6.45) is 0.0505. The molecule has 2 aliphatic heterocycles. The summed E-state index contributed by atoms with van der Waals surface area (Å²) in [5, 5.41) is 2.44. The molecule has 2 saturated heterocycles. The zero-order chi connectivity index (χ0) is 13.6. The summed E-state index contributed by atoms with van der Waals surface area (Å²) in [5.41, 5.74) is -1.75. The van der Waals surface area contributed by atoms with Crippen LogP contribution in [-0.2, 0) is 14.0 Å². The molecule has 0 radical (unpaired) electrons. The number of hydrogen-bond acceptors (Lipinski definition) is 4. The fourth-order valence-corrected chi connectivity index (χ4v) is 1.71. The molecule has 1 amide bonds. The minimum absolute atomic E-state index is 0.256. The number of cyclic esters (lactones) is 1. The van der Waals surface area contributed by atoms with Crippen molar-refractivity contribution in [1.29, 1.82) is 0 Å². The molecule has 2 aliphatic rings. The zero-order valence-electron chi connectivity index (χ0n) is 11.0. The Kier molecular flexibility index (Phi) is 3.15. The van der Waals surface area contributed by atoms with Gasteiger partial charge in [0.1, 0.15) is 11.8 Å². The number of carbonyl (C=O) groups excluding carboxylic acids is 1. The van der Waals surface area contributed by atoms with Crippen molar-refractivity contribution < 1.29 is 23.2 Å². The topological polar surface area (TPSA) is 56.8 Å². The van der Waals surface area contributed by atoms with Gasteiger partial charge in [0.15, 0.2) is 0 Å². The van der Waals surface area contributed by atoms with Crippen LogP contribution in [0, 0.1) is 0 Å². The highest BCUT2D eigenvalue weighted by Gasteiger charge is 2.53. The van der Waals surface area contributed by atoms with Gasteiger partial charge in [0.25, 0.3) is 0 Å². The van der Waals surface area contributed by atoms with Gasteiger partial charge in [-0.25, -0.2) is 9.18 Å². The second kappa shape index (κ2) is 4.24. The molecule has 18 heavy (non-hydrogen) atoms. The fraction of sp³-hybridized carbons (Fsp3) is 0.727. The zero-order valence-corrected chi connectivity index (χ0v) is 11.0. The minimum atomic E-state index is -1.05. The lowest BCUT2D eigenvalue weighted by Crippen LogP contribution is -2.41. The maximum Gasteiger partial charge on any atom is 0.525 e. The van der Waals surface area contributed by atoms with Crippen LogP contribution < -0.4 is 5.32 Å². The SMILES string of the molecule is CC1(C)OB(C(F)=CC2CNC(=O)O2)OC1(C)C. The number of halogens is 1. The molecule has 0 saturated carbocycles. The Morgan fingerprint density at radius 3 is 2.39 bits per heavy atom. The van der Waals surface area contributed by atoms with Crippen LogP contribution in [0.5, 0.6) is 0 Å². The van der Waals surface area contributed by atoms with Crippen LogP contribution in [0.4, 0.5) is 9.18 Å². The van der Waals surface area contributed by atoms with Crippen LogP contribution in [0.2, 0.25) is 0 Å². The van der Waals surface area contributed by atoms with Crippen LogP contribution in [-0.4, -0.2) is 37.1 Å². The van der Waals surface area contributed by atoms with Crippen LogP contribution in [0.3, 0.4) is 0 Å². The van der Waals surface area contributed by atoms with Crippen molar-refractivity contribution in [2.45, 2.75) is 45.0 Å². The highest BCUT2D eigenvalue weighted by molar-refractivity contribution is 6.53. The average Bonchev–Trinajstić information content (AvgIpc) is 2.70. The van der Waals surface area contributed by atoms with Crippen molar-refractivity contribution in [3.63, 3.8) is 0 Å². The number of rotatable bonds is 2. The molecule has 2 heterocycles. The molecule has 0 bridgehead atoms.